The lowest BCUT2D eigenvalue weighted by Crippen LogP contribution is -2.44. The summed E-state index contributed by atoms with van der Waals surface area (Å²) in [6, 6.07) is 13.8. The Bertz CT molecular complexity index is 1040. The van der Waals surface area contributed by atoms with E-state index in [1.54, 1.807) is 29.2 Å². The van der Waals surface area contributed by atoms with Gasteiger partial charge in [-0.1, -0.05) is 60.7 Å². The molecule has 0 saturated carbocycles. The maximum atomic E-state index is 13.3. The van der Waals surface area contributed by atoms with Gasteiger partial charge in [0.15, 0.2) is 0 Å². The number of carbonyl (C=O) groups excluding carboxylic acids is 2. The van der Waals surface area contributed by atoms with Crippen molar-refractivity contribution in [2.24, 2.45) is 11.8 Å². The summed E-state index contributed by atoms with van der Waals surface area (Å²) < 4.78 is 6.23. The molecule has 2 amide bonds. The van der Waals surface area contributed by atoms with E-state index in [2.05, 4.69) is 4.98 Å². The topological polar surface area (TPSA) is 62.7 Å². The Hall–Kier alpha value is -3.25. The molecule has 6 nitrogen and oxygen atoms in total. The van der Waals surface area contributed by atoms with Crippen LogP contribution >= 0.6 is 0 Å². The zero-order valence-corrected chi connectivity index (χ0v) is 17.4. The van der Waals surface area contributed by atoms with Crippen molar-refractivity contribution in [3.63, 3.8) is 0 Å². The van der Waals surface area contributed by atoms with Crippen molar-refractivity contribution in [1.29, 1.82) is 0 Å². The highest BCUT2D eigenvalue weighted by atomic mass is 16.5. The quantitative estimate of drug-likeness (QED) is 0.681. The summed E-state index contributed by atoms with van der Waals surface area (Å²) in [7, 11) is 1.78. The van der Waals surface area contributed by atoms with Gasteiger partial charge in [-0.15, -0.1) is 0 Å². The lowest BCUT2D eigenvalue weighted by molar-refractivity contribution is -0.142. The van der Waals surface area contributed by atoms with Crippen LogP contribution in [0.4, 0.5) is 0 Å². The molecule has 2 fully saturated rings. The van der Waals surface area contributed by atoms with Gasteiger partial charge in [-0.05, 0) is 17.2 Å². The van der Waals surface area contributed by atoms with Crippen molar-refractivity contribution >= 4 is 17.9 Å². The summed E-state index contributed by atoms with van der Waals surface area (Å²) in [6.45, 7) is 1.43. The Morgan fingerprint density at radius 3 is 2.90 bits per heavy atom. The molecule has 2 saturated heterocycles. The number of aromatic nitrogens is 1. The van der Waals surface area contributed by atoms with E-state index in [1.165, 1.54) is 0 Å². The number of amides is 2. The van der Waals surface area contributed by atoms with Crippen LogP contribution in [0.25, 0.3) is 6.08 Å². The molecule has 0 aliphatic carbocycles. The van der Waals surface area contributed by atoms with E-state index in [-0.39, 0.29) is 17.9 Å². The molecule has 3 aliphatic heterocycles. The van der Waals surface area contributed by atoms with Gasteiger partial charge in [0, 0.05) is 32.5 Å². The molecule has 2 aromatic rings. The summed E-state index contributed by atoms with van der Waals surface area (Å²) in [4.78, 5) is 34.3. The molecule has 4 atom stereocenters. The largest absolute Gasteiger partial charge is 0.360 e. The summed E-state index contributed by atoms with van der Waals surface area (Å²) in [5.74, 6) is -1.00. The third-order valence-corrected chi connectivity index (χ3v) is 6.43. The zero-order chi connectivity index (χ0) is 21.4. The second-order valence-corrected chi connectivity index (χ2v) is 8.49. The predicted octanol–water partition coefficient (Wildman–Crippen LogP) is 2.54. The molecule has 3 aliphatic rings. The number of hydrogen-bond acceptors (Lipinski definition) is 4. The molecule has 31 heavy (non-hydrogen) atoms. The van der Waals surface area contributed by atoms with E-state index in [4.69, 9.17) is 4.74 Å². The molecule has 6 heteroatoms. The average Bonchev–Trinajstić information content (AvgIpc) is 3.43. The van der Waals surface area contributed by atoms with Crippen LogP contribution in [-0.2, 0) is 20.9 Å². The lowest BCUT2D eigenvalue weighted by atomic mass is 9.76. The molecule has 1 spiro atoms. The van der Waals surface area contributed by atoms with Gasteiger partial charge in [-0.25, -0.2) is 0 Å². The first-order valence-corrected chi connectivity index (χ1v) is 10.6. The first kappa shape index (κ1) is 19.7. The Balaban J connectivity index is 1.30. The van der Waals surface area contributed by atoms with E-state index in [9.17, 15) is 9.59 Å². The standard InChI is InChI=1S/C25H25N3O3/c1-27(14-6-10-18-7-3-2-4-8-18)23(29)21-20-11-12-25(31-20)17-28(24(30)22(21)25)16-19-9-5-13-26-15-19/h2-13,15,20-22H,14,16-17H2,1H3/t20-,21?,22?,25-/m0/s1. The van der Waals surface area contributed by atoms with Crippen LogP contribution in [0, 0.1) is 11.8 Å². The Kier molecular flexibility index (Phi) is 4.94. The predicted molar refractivity (Wildman–Crippen MR) is 116 cm³/mol. The maximum Gasteiger partial charge on any atom is 0.230 e. The summed E-state index contributed by atoms with van der Waals surface area (Å²) in [5.41, 5.74) is 1.37. The number of ether oxygens (including phenoxy) is 1. The SMILES string of the molecule is CN(CC=Cc1ccccc1)C(=O)C1C2C(=O)N(Cc3cccnc3)C[C@@]23C=C[C@@H]1O3. The van der Waals surface area contributed by atoms with Gasteiger partial charge >= 0.3 is 0 Å². The minimum absolute atomic E-state index is 0.0118. The number of rotatable bonds is 6. The number of benzene rings is 1. The minimum Gasteiger partial charge on any atom is -0.360 e. The van der Waals surface area contributed by atoms with Crippen LogP contribution in [0.15, 0.2) is 73.1 Å². The molecular formula is C25H25N3O3. The number of nitrogens with zero attached hydrogens (tertiary/aromatic N) is 3. The van der Waals surface area contributed by atoms with Crippen LogP contribution < -0.4 is 0 Å². The highest BCUT2D eigenvalue weighted by Gasteiger charge is 2.67. The Morgan fingerprint density at radius 2 is 2.13 bits per heavy atom. The molecule has 0 N–H and O–H groups in total. The smallest absolute Gasteiger partial charge is 0.230 e. The minimum atomic E-state index is -0.689. The first-order valence-electron chi connectivity index (χ1n) is 10.6. The Morgan fingerprint density at radius 1 is 1.29 bits per heavy atom. The second-order valence-electron chi connectivity index (χ2n) is 8.49. The summed E-state index contributed by atoms with van der Waals surface area (Å²) >= 11 is 0. The Labute approximate surface area is 181 Å². The fourth-order valence-electron chi connectivity index (χ4n) is 4.96. The van der Waals surface area contributed by atoms with Gasteiger partial charge in [0.05, 0.1) is 24.5 Å². The van der Waals surface area contributed by atoms with E-state index < -0.39 is 17.4 Å². The van der Waals surface area contributed by atoms with E-state index in [0.29, 0.717) is 19.6 Å². The van der Waals surface area contributed by atoms with E-state index in [1.807, 2.05) is 66.8 Å². The highest BCUT2D eigenvalue weighted by Crippen LogP contribution is 2.52. The van der Waals surface area contributed by atoms with Crippen molar-refractivity contribution in [2.45, 2.75) is 18.2 Å². The van der Waals surface area contributed by atoms with Crippen LogP contribution in [-0.4, -0.2) is 58.4 Å². The molecule has 1 aromatic carbocycles. The number of pyridine rings is 1. The number of likely N-dealkylation sites (tertiary alicyclic amines) is 1. The van der Waals surface area contributed by atoms with Crippen LogP contribution in [0.2, 0.25) is 0 Å². The van der Waals surface area contributed by atoms with Gasteiger partial charge in [-0.3, -0.25) is 14.6 Å². The number of fused-ring (bicyclic) bond motifs is 1. The number of hydrogen-bond donors (Lipinski definition) is 0. The van der Waals surface area contributed by atoms with Gasteiger partial charge in [-0.2, -0.15) is 0 Å². The van der Waals surface area contributed by atoms with Crippen molar-refractivity contribution in [2.75, 3.05) is 20.1 Å². The van der Waals surface area contributed by atoms with Crippen molar-refractivity contribution in [1.82, 2.24) is 14.8 Å². The third-order valence-electron chi connectivity index (χ3n) is 6.43. The first-order chi connectivity index (χ1) is 15.1. The van der Waals surface area contributed by atoms with Crippen LogP contribution in [0.5, 0.6) is 0 Å². The highest BCUT2D eigenvalue weighted by molar-refractivity contribution is 5.93. The molecule has 0 radical (unpaired) electrons. The zero-order valence-electron chi connectivity index (χ0n) is 17.4. The fraction of sp³-hybridized carbons (Fsp3) is 0.320. The van der Waals surface area contributed by atoms with Crippen molar-refractivity contribution in [3.8, 4) is 0 Å². The molecule has 158 valence electrons. The van der Waals surface area contributed by atoms with Gasteiger partial charge in [0.2, 0.25) is 11.8 Å². The van der Waals surface area contributed by atoms with Gasteiger partial charge in [0.1, 0.15) is 5.60 Å². The normalized spacial score (nSPS) is 28.5. The monoisotopic (exact) mass is 415 g/mol. The summed E-state index contributed by atoms with van der Waals surface area (Å²) in [6.07, 6.45) is 11.1. The lowest BCUT2D eigenvalue weighted by Gasteiger charge is -2.27. The van der Waals surface area contributed by atoms with Gasteiger partial charge < -0.3 is 14.5 Å². The van der Waals surface area contributed by atoms with Crippen molar-refractivity contribution < 1.29 is 14.3 Å². The number of carbonyl (C=O) groups is 2. The average molecular weight is 415 g/mol. The molecule has 1 aromatic heterocycles. The van der Waals surface area contributed by atoms with Crippen molar-refractivity contribution in [3.05, 3.63) is 84.2 Å². The molecule has 4 heterocycles. The molecule has 2 bridgehead atoms. The van der Waals surface area contributed by atoms with E-state index in [0.717, 1.165) is 11.1 Å². The maximum absolute atomic E-state index is 13.3. The number of likely N-dealkylation sites (N-methyl/N-ethyl adjacent to an activating group) is 1. The molecule has 5 rings (SSSR count). The van der Waals surface area contributed by atoms with Gasteiger partial charge in [0.25, 0.3) is 0 Å². The van der Waals surface area contributed by atoms with E-state index >= 15 is 0 Å². The second kappa shape index (κ2) is 7.78. The van der Waals surface area contributed by atoms with Crippen LogP contribution in [0.1, 0.15) is 11.1 Å². The summed E-state index contributed by atoms with van der Waals surface area (Å²) in [5, 5.41) is 0. The van der Waals surface area contributed by atoms with Crippen LogP contribution in [0.3, 0.4) is 0 Å². The molecule has 2 unspecified atom stereocenters. The molecular weight excluding hydrogens is 390 g/mol. The fourth-order valence-corrected chi connectivity index (χ4v) is 4.96. The third kappa shape index (κ3) is 3.47.